The maximum absolute atomic E-state index is 6.27. The monoisotopic (exact) mass is 269 g/mol. The Kier molecular flexibility index (Phi) is 2.97. The van der Waals surface area contributed by atoms with Gasteiger partial charge < -0.3 is 5.73 Å². The van der Waals surface area contributed by atoms with E-state index in [1.54, 1.807) is 0 Å². The maximum Gasteiger partial charge on any atom is 0.139 e. The lowest BCUT2D eigenvalue weighted by atomic mass is 10.2. The van der Waals surface area contributed by atoms with Crippen LogP contribution in [0.15, 0.2) is 24.5 Å². The summed E-state index contributed by atoms with van der Waals surface area (Å²) in [5, 5.41) is 4.35. The van der Waals surface area contributed by atoms with E-state index >= 15 is 0 Å². The molecule has 0 aliphatic carbocycles. The molecule has 0 saturated heterocycles. The molecular weight excluding hydrogens is 250 g/mol. The smallest absolute Gasteiger partial charge is 0.139 e. The third-order valence-electron chi connectivity index (χ3n) is 3.44. The van der Waals surface area contributed by atoms with Gasteiger partial charge in [-0.2, -0.15) is 5.10 Å². The zero-order valence-corrected chi connectivity index (χ0v) is 12.1. The lowest BCUT2D eigenvalue weighted by molar-refractivity contribution is 0.603. The number of rotatable bonds is 3. The molecule has 0 saturated carbocycles. The van der Waals surface area contributed by atoms with E-state index in [9.17, 15) is 0 Å². The average Bonchev–Trinajstić information content (AvgIpc) is 2.95. The highest BCUT2D eigenvalue weighted by molar-refractivity contribution is 5.74. The van der Waals surface area contributed by atoms with Gasteiger partial charge in [-0.15, -0.1) is 0 Å². The van der Waals surface area contributed by atoms with Gasteiger partial charge in [-0.05, 0) is 38.0 Å². The predicted octanol–water partition coefficient (Wildman–Crippen LogP) is 2.81. The summed E-state index contributed by atoms with van der Waals surface area (Å²) in [7, 11) is 0. The highest BCUT2D eigenvalue weighted by Crippen LogP contribution is 2.27. The highest BCUT2D eigenvalue weighted by atomic mass is 15.3. The van der Waals surface area contributed by atoms with Crippen LogP contribution in [0, 0.1) is 13.8 Å². The number of aromatic nitrogens is 4. The topological polar surface area (TPSA) is 61.1 Å². The lowest BCUT2D eigenvalue weighted by Gasteiger charge is -2.03. The fourth-order valence-electron chi connectivity index (χ4n) is 2.61. The first-order valence-electron chi connectivity index (χ1n) is 6.88. The predicted molar refractivity (Wildman–Crippen MR) is 80.6 cm³/mol. The molecule has 3 aromatic rings. The number of nitrogens with zero attached hydrogens (tertiary/aromatic N) is 4. The lowest BCUT2D eigenvalue weighted by Crippen LogP contribution is -1.98. The Morgan fingerprint density at radius 1 is 1.25 bits per heavy atom. The van der Waals surface area contributed by atoms with Crippen molar-refractivity contribution in [3.63, 3.8) is 0 Å². The molecule has 0 unspecified atom stereocenters. The molecule has 104 valence electrons. The van der Waals surface area contributed by atoms with Crippen LogP contribution in [0.2, 0.25) is 0 Å². The van der Waals surface area contributed by atoms with Gasteiger partial charge in [0.05, 0.1) is 6.20 Å². The summed E-state index contributed by atoms with van der Waals surface area (Å²) >= 11 is 0. The van der Waals surface area contributed by atoms with Crippen LogP contribution in [0.3, 0.4) is 0 Å². The average molecular weight is 269 g/mol. The molecule has 5 nitrogen and oxygen atoms in total. The molecule has 5 heteroatoms. The summed E-state index contributed by atoms with van der Waals surface area (Å²) in [6, 6.07) is 4.15. The first kappa shape index (κ1) is 12.7. The normalized spacial score (nSPS) is 11.3. The van der Waals surface area contributed by atoms with E-state index in [0.717, 1.165) is 35.6 Å². The van der Waals surface area contributed by atoms with Gasteiger partial charge in [0.15, 0.2) is 0 Å². The van der Waals surface area contributed by atoms with E-state index in [0.29, 0.717) is 5.82 Å². The van der Waals surface area contributed by atoms with Crippen LogP contribution >= 0.6 is 0 Å². The second-order valence-corrected chi connectivity index (χ2v) is 5.21. The molecule has 20 heavy (non-hydrogen) atoms. The quantitative estimate of drug-likeness (QED) is 0.795. The summed E-state index contributed by atoms with van der Waals surface area (Å²) in [4.78, 5) is 4.66. The Labute approximate surface area is 118 Å². The largest absolute Gasteiger partial charge is 0.383 e. The van der Waals surface area contributed by atoms with E-state index in [1.807, 2.05) is 34.5 Å². The molecule has 0 aliphatic heterocycles. The highest BCUT2D eigenvalue weighted by Gasteiger charge is 2.14. The number of imidazole rings is 1. The molecule has 3 rings (SSSR count). The number of hydrogen-bond donors (Lipinski definition) is 1. The summed E-state index contributed by atoms with van der Waals surface area (Å²) < 4.78 is 3.91. The van der Waals surface area contributed by atoms with Crippen LogP contribution in [-0.4, -0.2) is 19.2 Å². The van der Waals surface area contributed by atoms with Gasteiger partial charge in [0, 0.05) is 24.0 Å². The maximum atomic E-state index is 6.27. The van der Waals surface area contributed by atoms with Crippen molar-refractivity contribution in [3.8, 4) is 11.3 Å². The molecular formula is C15H19N5. The second-order valence-electron chi connectivity index (χ2n) is 5.21. The van der Waals surface area contributed by atoms with Crippen molar-refractivity contribution in [2.75, 3.05) is 5.73 Å². The Morgan fingerprint density at radius 3 is 2.80 bits per heavy atom. The molecule has 0 fully saturated rings. The molecule has 3 aromatic heterocycles. The fourth-order valence-corrected chi connectivity index (χ4v) is 2.61. The number of nitrogens with two attached hydrogens (primary N) is 1. The molecule has 0 aliphatic rings. The van der Waals surface area contributed by atoms with Crippen LogP contribution in [-0.2, 0) is 6.54 Å². The van der Waals surface area contributed by atoms with Gasteiger partial charge in [-0.3, -0.25) is 9.08 Å². The van der Waals surface area contributed by atoms with Crippen molar-refractivity contribution in [1.82, 2.24) is 19.2 Å². The van der Waals surface area contributed by atoms with Crippen molar-refractivity contribution in [2.45, 2.75) is 33.7 Å². The number of nitrogen functional groups attached to an aromatic ring is 1. The van der Waals surface area contributed by atoms with Crippen molar-refractivity contribution < 1.29 is 0 Å². The summed E-state index contributed by atoms with van der Waals surface area (Å²) in [6.07, 6.45) is 4.89. The van der Waals surface area contributed by atoms with E-state index in [1.165, 1.54) is 5.56 Å². The molecule has 0 radical (unpaired) electrons. The molecule has 2 N–H and O–H groups in total. The SMILES string of the molecule is CCCn1cc(-c2nc3cc(C)cc(C)n3c2N)cn1. The molecule has 0 bridgehead atoms. The van der Waals surface area contributed by atoms with Crippen molar-refractivity contribution >= 4 is 11.5 Å². The van der Waals surface area contributed by atoms with E-state index in [-0.39, 0.29) is 0 Å². The van der Waals surface area contributed by atoms with Crippen LogP contribution in [0.25, 0.3) is 16.9 Å². The first-order chi connectivity index (χ1) is 9.60. The van der Waals surface area contributed by atoms with Crippen molar-refractivity contribution in [2.24, 2.45) is 0 Å². The summed E-state index contributed by atoms with van der Waals surface area (Å²) in [5.74, 6) is 0.675. The van der Waals surface area contributed by atoms with E-state index in [4.69, 9.17) is 5.73 Å². The zero-order valence-electron chi connectivity index (χ0n) is 12.1. The van der Waals surface area contributed by atoms with Gasteiger partial charge >= 0.3 is 0 Å². The second kappa shape index (κ2) is 4.67. The minimum Gasteiger partial charge on any atom is -0.383 e. The molecule has 3 heterocycles. The molecule has 0 atom stereocenters. The number of fused-ring (bicyclic) bond motifs is 1. The van der Waals surface area contributed by atoms with Gasteiger partial charge in [0.2, 0.25) is 0 Å². The molecule has 0 amide bonds. The van der Waals surface area contributed by atoms with Crippen LogP contribution in [0.4, 0.5) is 5.82 Å². The Hall–Kier alpha value is -2.30. The van der Waals surface area contributed by atoms with Gasteiger partial charge in [-0.1, -0.05) is 6.92 Å². The van der Waals surface area contributed by atoms with Gasteiger partial charge in [0.1, 0.15) is 17.2 Å². The van der Waals surface area contributed by atoms with Crippen molar-refractivity contribution in [3.05, 3.63) is 35.8 Å². The Balaban J connectivity index is 2.16. The number of hydrogen-bond acceptors (Lipinski definition) is 3. The van der Waals surface area contributed by atoms with Crippen LogP contribution < -0.4 is 5.73 Å². The van der Waals surface area contributed by atoms with Gasteiger partial charge in [0.25, 0.3) is 0 Å². The van der Waals surface area contributed by atoms with Gasteiger partial charge in [-0.25, -0.2) is 4.98 Å². The number of anilines is 1. The number of aryl methyl sites for hydroxylation is 3. The Bertz CT molecular complexity index is 766. The molecule has 0 spiro atoms. The third-order valence-corrected chi connectivity index (χ3v) is 3.44. The van der Waals surface area contributed by atoms with E-state index in [2.05, 4.69) is 30.0 Å². The minimum atomic E-state index is 0.675. The zero-order chi connectivity index (χ0) is 14.3. The van der Waals surface area contributed by atoms with Crippen molar-refractivity contribution in [1.29, 1.82) is 0 Å². The van der Waals surface area contributed by atoms with Crippen LogP contribution in [0.5, 0.6) is 0 Å². The molecule has 0 aromatic carbocycles. The third kappa shape index (κ3) is 1.95. The summed E-state index contributed by atoms with van der Waals surface area (Å²) in [6.45, 7) is 7.15. The summed E-state index contributed by atoms with van der Waals surface area (Å²) in [5.41, 5.74) is 11.2. The fraction of sp³-hybridized carbons (Fsp3) is 0.333. The standard InChI is InChI=1S/C15H19N5/c1-4-5-19-9-12(8-17-19)14-15(16)20-11(3)6-10(2)7-13(20)18-14/h6-9H,4-5,16H2,1-3H3. The minimum absolute atomic E-state index is 0.675. The van der Waals surface area contributed by atoms with Crippen LogP contribution in [0.1, 0.15) is 24.6 Å². The van der Waals surface area contributed by atoms with E-state index < -0.39 is 0 Å². The number of pyridine rings is 1. The Morgan fingerprint density at radius 2 is 2.05 bits per heavy atom. The first-order valence-corrected chi connectivity index (χ1v) is 6.88.